The molecular weight excluding hydrogens is 180 g/mol. The van der Waals surface area contributed by atoms with Gasteiger partial charge in [0.05, 0.1) is 10.6 Å². The second-order valence-corrected chi connectivity index (χ2v) is 3.89. The largest absolute Gasteiger partial charge is 0.242 e. The average Bonchev–Trinajstić information content (AvgIpc) is 2.52. The first kappa shape index (κ1) is 8.38. The minimum Gasteiger partial charge on any atom is -0.242 e. The molecule has 2 aromatic rings. The van der Waals surface area contributed by atoms with Crippen molar-refractivity contribution in [1.29, 1.82) is 0 Å². The Morgan fingerprint density at radius 3 is 2.77 bits per heavy atom. The van der Waals surface area contributed by atoms with E-state index < -0.39 is 0 Å². The molecular formula is C10H10N2S. The van der Waals surface area contributed by atoms with Gasteiger partial charge in [-0.15, -0.1) is 11.3 Å². The highest BCUT2D eigenvalue weighted by molar-refractivity contribution is 7.13. The van der Waals surface area contributed by atoms with Crippen molar-refractivity contribution in [3.05, 3.63) is 35.1 Å². The molecule has 0 unspecified atom stereocenters. The third-order valence-corrected chi connectivity index (χ3v) is 2.83. The zero-order chi connectivity index (χ0) is 9.26. The van der Waals surface area contributed by atoms with Crippen LogP contribution in [0.15, 0.2) is 23.7 Å². The van der Waals surface area contributed by atoms with E-state index in [1.54, 1.807) is 17.5 Å². The van der Waals surface area contributed by atoms with E-state index in [4.69, 9.17) is 0 Å². The molecule has 0 aromatic carbocycles. The number of hydrogen-bond acceptors (Lipinski definition) is 3. The Bertz CT molecular complexity index is 420. The molecule has 0 fully saturated rings. The second kappa shape index (κ2) is 3.26. The van der Waals surface area contributed by atoms with Crippen molar-refractivity contribution in [1.82, 2.24) is 9.97 Å². The number of thiophene rings is 1. The van der Waals surface area contributed by atoms with Gasteiger partial charge in [0.15, 0.2) is 0 Å². The van der Waals surface area contributed by atoms with Crippen molar-refractivity contribution in [3.63, 3.8) is 0 Å². The normalized spacial score (nSPS) is 10.3. The van der Waals surface area contributed by atoms with Crippen molar-refractivity contribution in [2.45, 2.75) is 13.8 Å². The third-order valence-electron chi connectivity index (χ3n) is 1.76. The van der Waals surface area contributed by atoms with Crippen LogP contribution in [0.1, 0.15) is 11.4 Å². The molecule has 0 aliphatic rings. The van der Waals surface area contributed by atoms with Gasteiger partial charge in [0.25, 0.3) is 0 Å². The van der Waals surface area contributed by atoms with Crippen LogP contribution in [0.2, 0.25) is 0 Å². The highest BCUT2D eigenvalue weighted by Gasteiger charge is 2.01. The first-order chi connectivity index (χ1) is 6.25. The molecule has 3 heteroatoms. The van der Waals surface area contributed by atoms with Crippen LogP contribution in [0.25, 0.3) is 10.6 Å². The number of aromatic nitrogens is 2. The van der Waals surface area contributed by atoms with Crippen molar-refractivity contribution in [3.8, 4) is 10.6 Å². The predicted molar refractivity (Wildman–Crippen MR) is 54.8 cm³/mol. The highest BCUT2D eigenvalue weighted by atomic mass is 32.1. The van der Waals surface area contributed by atoms with Crippen LogP contribution in [-0.2, 0) is 0 Å². The lowest BCUT2D eigenvalue weighted by Crippen LogP contribution is -1.87. The predicted octanol–water partition coefficient (Wildman–Crippen LogP) is 2.82. The molecule has 2 rings (SSSR count). The quantitative estimate of drug-likeness (QED) is 0.691. The summed E-state index contributed by atoms with van der Waals surface area (Å²) in [7, 11) is 0. The Morgan fingerprint density at radius 2 is 2.15 bits per heavy atom. The maximum absolute atomic E-state index is 4.36. The van der Waals surface area contributed by atoms with Crippen LogP contribution < -0.4 is 0 Å². The minimum atomic E-state index is 0.823. The molecule has 0 N–H and O–H groups in total. The molecule has 2 aromatic heterocycles. The summed E-state index contributed by atoms with van der Waals surface area (Å²) in [5, 5.41) is 2.13. The van der Waals surface area contributed by atoms with Crippen molar-refractivity contribution in [2.24, 2.45) is 0 Å². The van der Waals surface area contributed by atoms with E-state index in [1.807, 2.05) is 13.0 Å². The van der Waals surface area contributed by atoms with Crippen LogP contribution in [0, 0.1) is 13.8 Å². The standard InChI is InChI=1S/C10H10N2S/c1-7-5-10(13-6-7)9-3-4-11-8(2)12-9/h3-6H,1-2H3. The van der Waals surface area contributed by atoms with Crippen molar-refractivity contribution < 1.29 is 0 Å². The van der Waals surface area contributed by atoms with Crippen LogP contribution in [-0.4, -0.2) is 9.97 Å². The molecule has 0 spiro atoms. The van der Waals surface area contributed by atoms with E-state index in [-0.39, 0.29) is 0 Å². The van der Waals surface area contributed by atoms with E-state index in [0.717, 1.165) is 11.5 Å². The fourth-order valence-electron chi connectivity index (χ4n) is 1.16. The molecule has 13 heavy (non-hydrogen) atoms. The van der Waals surface area contributed by atoms with Crippen molar-refractivity contribution in [2.75, 3.05) is 0 Å². The van der Waals surface area contributed by atoms with E-state index in [0.29, 0.717) is 0 Å². The smallest absolute Gasteiger partial charge is 0.125 e. The van der Waals surface area contributed by atoms with E-state index in [1.165, 1.54) is 10.4 Å². The Kier molecular flexibility index (Phi) is 2.10. The number of hydrogen-bond donors (Lipinski definition) is 0. The molecule has 66 valence electrons. The molecule has 2 heterocycles. The fraction of sp³-hybridized carbons (Fsp3) is 0.200. The van der Waals surface area contributed by atoms with Gasteiger partial charge in [0.1, 0.15) is 5.82 Å². The van der Waals surface area contributed by atoms with Gasteiger partial charge in [-0.2, -0.15) is 0 Å². The molecule has 0 radical (unpaired) electrons. The average molecular weight is 190 g/mol. The summed E-state index contributed by atoms with van der Waals surface area (Å²) < 4.78 is 0. The number of aryl methyl sites for hydroxylation is 2. The number of rotatable bonds is 1. The molecule has 2 nitrogen and oxygen atoms in total. The summed E-state index contributed by atoms with van der Waals surface area (Å²) in [5.74, 6) is 0.823. The number of nitrogens with zero attached hydrogens (tertiary/aromatic N) is 2. The zero-order valence-corrected chi connectivity index (χ0v) is 8.43. The fourth-order valence-corrected chi connectivity index (χ4v) is 2.03. The van der Waals surface area contributed by atoms with Crippen molar-refractivity contribution >= 4 is 11.3 Å². The molecule has 0 saturated carbocycles. The van der Waals surface area contributed by atoms with Gasteiger partial charge >= 0.3 is 0 Å². The maximum atomic E-state index is 4.36. The zero-order valence-electron chi connectivity index (χ0n) is 7.61. The van der Waals surface area contributed by atoms with Crippen LogP contribution in [0.3, 0.4) is 0 Å². The SMILES string of the molecule is Cc1csc(-c2ccnc(C)n2)c1. The molecule has 0 atom stereocenters. The van der Waals surface area contributed by atoms with Gasteiger partial charge in [0.2, 0.25) is 0 Å². The summed E-state index contributed by atoms with van der Waals surface area (Å²) in [5.41, 5.74) is 2.31. The van der Waals surface area contributed by atoms with E-state index >= 15 is 0 Å². The first-order valence-electron chi connectivity index (χ1n) is 4.11. The van der Waals surface area contributed by atoms with Gasteiger partial charge < -0.3 is 0 Å². The van der Waals surface area contributed by atoms with Gasteiger partial charge in [0, 0.05) is 6.20 Å². The van der Waals surface area contributed by atoms with Crippen LogP contribution in [0.4, 0.5) is 0 Å². The minimum absolute atomic E-state index is 0.823. The Hall–Kier alpha value is -1.22. The Balaban J connectivity index is 2.46. The lowest BCUT2D eigenvalue weighted by Gasteiger charge is -1.96. The van der Waals surface area contributed by atoms with E-state index in [2.05, 4.69) is 28.3 Å². The first-order valence-corrected chi connectivity index (χ1v) is 4.99. The lowest BCUT2D eigenvalue weighted by molar-refractivity contribution is 1.06. The lowest BCUT2D eigenvalue weighted by atomic mass is 10.3. The van der Waals surface area contributed by atoms with Gasteiger partial charge in [-0.25, -0.2) is 9.97 Å². The van der Waals surface area contributed by atoms with Gasteiger partial charge in [-0.1, -0.05) is 0 Å². The summed E-state index contributed by atoms with van der Waals surface area (Å²) in [6, 6.07) is 4.09. The van der Waals surface area contributed by atoms with Crippen LogP contribution in [0.5, 0.6) is 0 Å². The van der Waals surface area contributed by atoms with E-state index in [9.17, 15) is 0 Å². The maximum Gasteiger partial charge on any atom is 0.125 e. The van der Waals surface area contributed by atoms with Gasteiger partial charge in [-0.3, -0.25) is 0 Å². The van der Waals surface area contributed by atoms with Crippen LogP contribution >= 0.6 is 11.3 Å². The highest BCUT2D eigenvalue weighted by Crippen LogP contribution is 2.24. The molecule has 0 amide bonds. The summed E-state index contributed by atoms with van der Waals surface area (Å²) in [6.45, 7) is 4.00. The molecule has 0 bridgehead atoms. The summed E-state index contributed by atoms with van der Waals surface area (Å²) in [4.78, 5) is 9.63. The Labute approximate surface area is 81.3 Å². The molecule has 0 aliphatic carbocycles. The second-order valence-electron chi connectivity index (χ2n) is 2.98. The monoisotopic (exact) mass is 190 g/mol. The summed E-state index contributed by atoms with van der Waals surface area (Å²) >= 11 is 1.72. The summed E-state index contributed by atoms with van der Waals surface area (Å²) in [6.07, 6.45) is 1.80. The Morgan fingerprint density at radius 1 is 1.31 bits per heavy atom. The topological polar surface area (TPSA) is 25.8 Å². The molecule has 0 saturated heterocycles. The molecule has 0 aliphatic heterocycles. The third kappa shape index (κ3) is 1.75. The van der Waals surface area contributed by atoms with Gasteiger partial charge in [-0.05, 0) is 36.9 Å².